The summed E-state index contributed by atoms with van der Waals surface area (Å²) in [7, 11) is 1.34. The number of esters is 1. The number of hydrogen-bond donors (Lipinski definition) is 1. The number of nitriles is 2. The number of ether oxygens (including phenoxy) is 1. The largest absolute Gasteiger partial charge is 0.468 e. The number of benzene rings is 2. The smallest absolute Gasteiger partial charge is 0.325 e. The Bertz CT molecular complexity index is 1310. The summed E-state index contributed by atoms with van der Waals surface area (Å²) in [4.78, 5) is 11.8. The summed E-state index contributed by atoms with van der Waals surface area (Å²) in [5, 5.41) is 26.6. The number of hydrogen-bond acceptors (Lipinski definition) is 7. The standard InChI is InChI=1S/C24H20N6O2/c1-32-22(31)15-29-14-17(19-9-5-6-10-21(19)29)11-16(12-25)23-20(13-26)24(27)30(28-23)18-7-3-2-4-8-18/h2-11,14,20,24H,15,27H2,1H3/b16-11-/t20-,24-/m0/s1. The minimum atomic E-state index is -0.774. The van der Waals surface area contributed by atoms with Crippen molar-refractivity contribution in [3.05, 3.63) is 71.9 Å². The van der Waals surface area contributed by atoms with Gasteiger partial charge in [-0.3, -0.25) is 4.79 Å². The zero-order chi connectivity index (χ0) is 22.7. The molecule has 2 heterocycles. The van der Waals surface area contributed by atoms with E-state index in [4.69, 9.17) is 10.5 Å². The predicted molar refractivity (Wildman–Crippen MR) is 121 cm³/mol. The van der Waals surface area contributed by atoms with Crippen molar-refractivity contribution in [2.45, 2.75) is 12.7 Å². The minimum absolute atomic E-state index is 0.0428. The second-order valence-corrected chi connectivity index (χ2v) is 7.24. The van der Waals surface area contributed by atoms with Crippen LogP contribution in [0.15, 0.2) is 71.5 Å². The molecule has 2 N–H and O–H groups in total. The van der Waals surface area contributed by atoms with Gasteiger partial charge in [0.2, 0.25) is 0 Å². The molecule has 4 rings (SSSR count). The number of rotatable bonds is 5. The molecule has 8 nitrogen and oxygen atoms in total. The Morgan fingerprint density at radius 3 is 2.59 bits per heavy atom. The van der Waals surface area contributed by atoms with E-state index in [9.17, 15) is 15.3 Å². The molecular weight excluding hydrogens is 404 g/mol. The average Bonchev–Trinajstić information content (AvgIpc) is 3.35. The molecule has 0 aliphatic carbocycles. The first-order valence-corrected chi connectivity index (χ1v) is 9.92. The summed E-state index contributed by atoms with van der Waals surface area (Å²) >= 11 is 0. The van der Waals surface area contributed by atoms with E-state index in [1.54, 1.807) is 21.8 Å². The molecule has 1 aliphatic heterocycles. The summed E-state index contributed by atoms with van der Waals surface area (Å²) in [6.45, 7) is 0.0428. The lowest BCUT2D eigenvalue weighted by Crippen LogP contribution is -2.40. The lowest BCUT2D eigenvalue weighted by molar-refractivity contribution is -0.141. The van der Waals surface area contributed by atoms with E-state index in [0.717, 1.165) is 22.2 Å². The SMILES string of the molecule is COC(=O)Cn1cc(/C=C(/C#N)C2=NN(c3ccccc3)[C@H](N)[C@H]2C#N)c2ccccc21. The van der Waals surface area contributed by atoms with Crippen molar-refractivity contribution in [2.75, 3.05) is 12.1 Å². The van der Waals surface area contributed by atoms with Crippen LogP contribution in [0.2, 0.25) is 0 Å². The maximum Gasteiger partial charge on any atom is 0.325 e. The van der Waals surface area contributed by atoms with Crippen LogP contribution in [-0.4, -0.2) is 29.5 Å². The number of carbonyl (C=O) groups is 1. The number of nitrogens with two attached hydrogens (primary N) is 1. The van der Waals surface area contributed by atoms with Gasteiger partial charge in [-0.25, -0.2) is 5.01 Å². The van der Waals surface area contributed by atoms with Gasteiger partial charge in [-0.05, 0) is 24.3 Å². The van der Waals surface area contributed by atoms with Crippen molar-refractivity contribution in [3.63, 3.8) is 0 Å². The van der Waals surface area contributed by atoms with E-state index >= 15 is 0 Å². The predicted octanol–water partition coefficient (Wildman–Crippen LogP) is 3.02. The van der Waals surface area contributed by atoms with Crippen LogP contribution in [0.4, 0.5) is 5.69 Å². The van der Waals surface area contributed by atoms with Crippen LogP contribution in [0.1, 0.15) is 5.56 Å². The lowest BCUT2D eigenvalue weighted by Gasteiger charge is -2.21. The van der Waals surface area contributed by atoms with Crippen LogP contribution >= 0.6 is 0 Å². The van der Waals surface area contributed by atoms with Crippen LogP contribution in [0.3, 0.4) is 0 Å². The first kappa shape index (κ1) is 20.9. The second kappa shape index (κ2) is 8.76. The molecule has 0 saturated carbocycles. The zero-order valence-electron chi connectivity index (χ0n) is 17.3. The summed E-state index contributed by atoms with van der Waals surface area (Å²) in [5.74, 6) is -1.15. The number of carbonyl (C=O) groups excluding carboxylic acids is 1. The third-order valence-corrected chi connectivity index (χ3v) is 5.34. The van der Waals surface area contributed by atoms with Gasteiger partial charge in [0.05, 0.1) is 30.2 Å². The van der Waals surface area contributed by atoms with Gasteiger partial charge in [0.15, 0.2) is 0 Å². The number of anilines is 1. The molecular formula is C24H20N6O2. The molecule has 0 unspecified atom stereocenters. The molecule has 0 amide bonds. The number of para-hydroxylation sites is 2. The lowest BCUT2D eigenvalue weighted by atomic mass is 9.95. The van der Waals surface area contributed by atoms with Crippen LogP contribution in [0, 0.1) is 28.6 Å². The van der Waals surface area contributed by atoms with Gasteiger partial charge >= 0.3 is 5.97 Å². The Morgan fingerprint density at radius 2 is 1.91 bits per heavy atom. The average molecular weight is 424 g/mol. The Labute approximate surface area is 185 Å². The van der Waals surface area contributed by atoms with Gasteiger partial charge in [0.25, 0.3) is 0 Å². The monoisotopic (exact) mass is 424 g/mol. The van der Waals surface area contributed by atoms with Crippen molar-refractivity contribution >= 4 is 34.3 Å². The Balaban J connectivity index is 1.79. The van der Waals surface area contributed by atoms with Crippen molar-refractivity contribution in [3.8, 4) is 12.1 Å². The molecule has 158 valence electrons. The highest BCUT2D eigenvalue weighted by molar-refractivity contribution is 6.12. The van der Waals surface area contributed by atoms with E-state index in [-0.39, 0.29) is 18.1 Å². The van der Waals surface area contributed by atoms with Gasteiger partial charge in [-0.15, -0.1) is 0 Å². The highest BCUT2D eigenvalue weighted by atomic mass is 16.5. The number of hydrazone groups is 1. The summed E-state index contributed by atoms with van der Waals surface area (Å²) in [6, 6.07) is 21.2. The van der Waals surface area contributed by atoms with Gasteiger partial charge < -0.3 is 15.0 Å². The fourth-order valence-corrected chi connectivity index (χ4v) is 3.76. The molecule has 0 bridgehead atoms. The van der Waals surface area contributed by atoms with Crippen LogP contribution in [0.5, 0.6) is 0 Å². The number of fused-ring (bicyclic) bond motifs is 1. The Kier molecular flexibility index (Phi) is 5.71. The van der Waals surface area contributed by atoms with E-state index in [1.807, 2.05) is 54.6 Å². The van der Waals surface area contributed by atoms with Gasteiger partial charge in [0.1, 0.15) is 24.7 Å². The molecule has 0 fully saturated rings. The number of methoxy groups -OCH3 is 1. The molecule has 1 aliphatic rings. The molecule has 0 radical (unpaired) electrons. The van der Waals surface area contributed by atoms with E-state index in [1.165, 1.54) is 7.11 Å². The highest BCUT2D eigenvalue weighted by Gasteiger charge is 2.37. The van der Waals surface area contributed by atoms with Crippen molar-refractivity contribution in [1.82, 2.24) is 4.57 Å². The molecule has 2 aromatic carbocycles. The highest BCUT2D eigenvalue weighted by Crippen LogP contribution is 2.30. The van der Waals surface area contributed by atoms with Gasteiger partial charge in [-0.1, -0.05) is 36.4 Å². The quantitative estimate of drug-likeness (QED) is 0.496. The maximum atomic E-state index is 11.8. The topological polar surface area (TPSA) is 120 Å². The first-order valence-electron chi connectivity index (χ1n) is 9.92. The van der Waals surface area contributed by atoms with Crippen molar-refractivity contribution < 1.29 is 9.53 Å². The third-order valence-electron chi connectivity index (χ3n) is 5.34. The molecule has 1 aromatic heterocycles. The van der Waals surface area contributed by atoms with Crippen molar-refractivity contribution in [1.29, 1.82) is 10.5 Å². The number of allylic oxidation sites excluding steroid dienone is 1. The van der Waals surface area contributed by atoms with E-state index < -0.39 is 12.1 Å². The molecule has 0 saturated heterocycles. The van der Waals surface area contributed by atoms with E-state index in [2.05, 4.69) is 17.2 Å². The Hall–Kier alpha value is -4.40. The molecule has 32 heavy (non-hydrogen) atoms. The summed E-state index contributed by atoms with van der Waals surface area (Å²) < 4.78 is 6.55. The molecule has 2 atom stereocenters. The maximum absolute atomic E-state index is 11.8. The van der Waals surface area contributed by atoms with Gasteiger partial charge in [-0.2, -0.15) is 15.6 Å². The van der Waals surface area contributed by atoms with Crippen LogP contribution in [0.25, 0.3) is 17.0 Å². The number of nitrogens with zero attached hydrogens (tertiary/aromatic N) is 5. The van der Waals surface area contributed by atoms with E-state index in [0.29, 0.717) is 5.71 Å². The van der Waals surface area contributed by atoms with Crippen molar-refractivity contribution in [2.24, 2.45) is 16.8 Å². The van der Waals surface area contributed by atoms with Crippen LogP contribution < -0.4 is 10.7 Å². The zero-order valence-corrected chi connectivity index (χ0v) is 17.3. The summed E-state index contributed by atoms with van der Waals surface area (Å²) in [6.07, 6.45) is 2.75. The molecule has 8 heteroatoms. The fourth-order valence-electron chi connectivity index (χ4n) is 3.76. The minimum Gasteiger partial charge on any atom is -0.468 e. The first-order chi connectivity index (χ1) is 15.6. The van der Waals surface area contributed by atoms with Crippen LogP contribution in [-0.2, 0) is 16.1 Å². The fraction of sp³-hybridized carbons (Fsp3) is 0.167. The summed E-state index contributed by atoms with van der Waals surface area (Å²) in [5.41, 5.74) is 9.16. The third kappa shape index (κ3) is 3.71. The Morgan fingerprint density at radius 1 is 1.19 bits per heavy atom. The normalized spacial score (nSPS) is 18.2. The molecule has 0 spiro atoms. The second-order valence-electron chi connectivity index (χ2n) is 7.24. The number of aromatic nitrogens is 1. The van der Waals surface area contributed by atoms with Gasteiger partial charge in [0, 0.05) is 22.7 Å². The molecule has 3 aromatic rings.